The second-order valence-corrected chi connectivity index (χ2v) is 8.91. The van der Waals surface area contributed by atoms with E-state index < -0.39 is 41.3 Å². The van der Waals surface area contributed by atoms with E-state index in [9.17, 15) is 24.0 Å². The van der Waals surface area contributed by atoms with Gasteiger partial charge in [0, 0.05) is 37.2 Å². The van der Waals surface area contributed by atoms with E-state index in [0.717, 1.165) is 11.6 Å². The average Bonchev–Trinajstić information content (AvgIpc) is 3.37. The Morgan fingerprint density at radius 1 is 1.18 bits per heavy atom. The van der Waals surface area contributed by atoms with Crippen LogP contribution in [0.25, 0.3) is 0 Å². The second-order valence-electron chi connectivity index (χ2n) is 8.54. The van der Waals surface area contributed by atoms with Gasteiger partial charge in [-0.3, -0.25) is 19.2 Å². The number of carbonyl (C=O) groups is 4. The van der Waals surface area contributed by atoms with Gasteiger partial charge in [-0.05, 0) is 42.6 Å². The monoisotopic (exact) mass is 569 g/mol. The number of nitrogens with one attached hydrogen (secondary N) is 2. The molecule has 0 radical (unpaired) electrons. The Morgan fingerprint density at radius 3 is 2.58 bits per heavy atom. The summed E-state index contributed by atoms with van der Waals surface area (Å²) in [5.41, 5.74) is 5.15. The Balaban J connectivity index is 1.92. The highest BCUT2D eigenvalue weighted by atomic mass is 35.5. The van der Waals surface area contributed by atoms with Crippen LogP contribution >= 0.6 is 11.6 Å². The molecule has 1 aromatic carbocycles. The van der Waals surface area contributed by atoms with E-state index in [1.807, 2.05) is 6.07 Å². The third kappa shape index (κ3) is 8.67. The van der Waals surface area contributed by atoms with Crippen LogP contribution in [0.3, 0.4) is 0 Å². The van der Waals surface area contributed by atoms with Crippen LogP contribution in [0.2, 0.25) is 5.22 Å². The average molecular weight is 570 g/mol. The molecular weight excluding hydrogens is 542 g/mol. The number of hydrogen-bond donors (Lipinski definition) is 3. The van der Waals surface area contributed by atoms with Gasteiger partial charge in [0.2, 0.25) is 17.0 Å². The Labute approximate surface area is 234 Å². The molecule has 0 bridgehead atoms. The zero-order chi connectivity index (χ0) is 29.1. The van der Waals surface area contributed by atoms with Crippen LogP contribution in [-0.2, 0) is 25.5 Å². The van der Waals surface area contributed by atoms with E-state index in [2.05, 4.69) is 20.3 Å². The molecule has 0 saturated carbocycles. The standard InChI is InChI=1S/C27H28ClN5O7/c1-2-39-24(35)13-11-18(10-12-23(29)34)30-26(37)21(15-17-7-4-3-5-8-17)33-14-6-9-19(27(33)38)31-25(36)20-16-22(28)40-32-20/h3-9,11,13-14,16,18,21H,2,10,12,15H2,1H3,(H2,29,34)(H,30,37)(H,31,36)/b13-11+/t18-,21-/m0/s1. The highest BCUT2D eigenvalue weighted by Gasteiger charge is 2.25. The molecule has 3 amide bonds. The van der Waals surface area contributed by atoms with Crippen molar-refractivity contribution in [1.29, 1.82) is 0 Å². The van der Waals surface area contributed by atoms with Crippen molar-refractivity contribution in [2.75, 3.05) is 11.9 Å². The Kier molecular flexibility index (Phi) is 10.8. The van der Waals surface area contributed by atoms with E-state index >= 15 is 0 Å². The number of benzene rings is 1. The highest BCUT2D eigenvalue weighted by Crippen LogP contribution is 2.17. The van der Waals surface area contributed by atoms with Crippen LogP contribution in [0.15, 0.2) is 76.2 Å². The Bertz CT molecular complexity index is 1430. The molecule has 12 nitrogen and oxygen atoms in total. The lowest BCUT2D eigenvalue weighted by atomic mass is 10.0. The number of pyridine rings is 1. The minimum atomic E-state index is -1.07. The maximum atomic E-state index is 13.6. The number of hydrogen-bond acceptors (Lipinski definition) is 8. The fourth-order valence-electron chi connectivity index (χ4n) is 3.73. The van der Waals surface area contributed by atoms with E-state index in [1.165, 1.54) is 35.0 Å². The number of nitrogens with zero attached hydrogens (tertiary/aromatic N) is 2. The summed E-state index contributed by atoms with van der Waals surface area (Å²) in [6, 6.07) is 11.3. The number of carbonyl (C=O) groups excluding carboxylic acids is 4. The normalized spacial score (nSPS) is 12.4. The number of aromatic nitrogens is 2. The number of nitrogens with two attached hydrogens (primary N) is 1. The second kappa shape index (κ2) is 14.4. The predicted molar refractivity (Wildman–Crippen MR) is 145 cm³/mol. The zero-order valence-corrected chi connectivity index (χ0v) is 22.3. The first kappa shape index (κ1) is 29.8. The molecular formula is C27H28ClN5O7. The number of amides is 3. The van der Waals surface area contributed by atoms with Crippen LogP contribution < -0.4 is 21.9 Å². The Hall–Kier alpha value is -4.71. The minimum absolute atomic E-state index is 0.0605. The summed E-state index contributed by atoms with van der Waals surface area (Å²) in [5.74, 6) is -2.50. The van der Waals surface area contributed by atoms with Crippen molar-refractivity contribution in [3.8, 4) is 0 Å². The molecule has 2 atom stereocenters. The molecule has 0 saturated heterocycles. The van der Waals surface area contributed by atoms with Gasteiger partial charge in [-0.15, -0.1) is 0 Å². The third-order valence-corrected chi connectivity index (χ3v) is 5.81. The highest BCUT2D eigenvalue weighted by molar-refractivity contribution is 6.29. The number of primary amides is 1. The van der Waals surface area contributed by atoms with E-state index in [-0.39, 0.29) is 42.5 Å². The number of ether oxygens (including phenoxy) is 1. The molecule has 2 heterocycles. The van der Waals surface area contributed by atoms with Crippen molar-refractivity contribution in [1.82, 2.24) is 15.0 Å². The van der Waals surface area contributed by atoms with E-state index in [4.69, 9.17) is 22.1 Å². The summed E-state index contributed by atoms with van der Waals surface area (Å²) in [7, 11) is 0. The van der Waals surface area contributed by atoms with Crippen molar-refractivity contribution in [2.45, 2.75) is 38.3 Å². The van der Waals surface area contributed by atoms with Crippen LogP contribution in [-0.4, -0.2) is 46.1 Å². The summed E-state index contributed by atoms with van der Waals surface area (Å²) < 4.78 is 10.8. The van der Waals surface area contributed by atoms with Crippen molar-refractivity contribution < 1.29 is 28.4 Å². The van der Waals surface area contributed by atoms with Gasteiger partial charge in [0.05, 0.1) is 6.61 Å². The smallest absolute Gasteiger partial charge is 0.330 e. The van der Waals surface area contributed by atoms with Gasteiger partial charge in [0.15, 0.2) is 5.69 Å². The van der Waals surface area contributed by atoms with Crippen molar-refractivity contribution in [3.05, 3.63) is 93.7 Å². The topological polar surface area (TPSA) is 176 Å². The fourth-order valence-corrected chi connectivity index (χ4v) is 3.87. The Morgan fingerprint density at radius 2 is 1.93 bits per heavy atom. The quantitative estimate of drug-likeness (QED) is 0.207. The fraction of sp³-hybridized carbons (Fsp3) is 0.259. The first-order valence-corrected chi connectivity index (χ1v) is 12.7. The van der Waals surface area contributed by atoms with Crippen LogP contribution in [0, 0.1) is 0 Å². The molecule has 0 aliphatic heterocycles. The van der Waals surface area contributed by atoms with Gasteiger partial charge in [0.1, 0.15) is 11.7 Å². The SMILES string of the molecule is CCOC(=O)/C=C/[C@H](CCC(N)=O)NC(=O)[C@H](Cc1ccccc1)n1cccc(NC(=O)c2cc(Cl)on2)c1=O. The summed E-state index contributed by atoms with van der Waals surface area (Å²) in [6.45, 7) is 1.82. The molecule has 13 heteroatoms. The molecule has 0 aliphatic carbocycles. The molecule has 2 aromatic heterocycles. The predicted octanol–water partition coefficient (Wildman–Crippen LogP) is 2.40. The van der Waals surface area contributed by atoms with Gasteiger partial charge in [-0.1, -0.05) is 41.6 Å². The van der Waals surface area contributed by atoms with Crippen molar-refractivity contribution in [2.24, 2.45) is 5.73 Å². The number of halogens is 1. The summed E-state index contributed by atoms with van der Waals surface area (Å²) in [5, 5.41) is 8.66. The van der Waals surface area contributed by atoms with Crippen LogP contribution in [0.1, 0.15) is 41.9 Å². The minimum Gasteiger partial charge on any atom is -0.463 e. The number of rotatable bonds is 13. The van der Waals surface area contributed by atoms with Gasteiger partial charge in [-0.2, -0.15) is 0 Å². The van der Waals surface area contributed by atoms with Gasteiger partial charge >= 0.3 is 5.97 Å². The summed E-state index contributed by atoms with van der Waals surface area (Å²) in [6.07, 6.45) is 4.15. The molecule has 0 unspecified atom stereocenters. The molecule has 3 aromatic rings. The lowest BCUT2D eigenvalue weighted by Gasteiger charge is -2.23. The van der Waals surface area contributed by atoms with E-state index in [0.29, 0.717) is 0 Å². The summed E-state index contributed by atoms with van der Waals surface area (Å²) >= 11 is 5.68. The van der Waals surface area contributed by atoms with Crippen LogP contribution in [0.4, 0.5) is 5.69 Å². The van der Waals surface area contributed by atoms with E-state index in [1.54, 1.807) is 31.2 Å². The lowest BCUT2D eigenvalue weighted by molar-refractivity contribution is -0.137. The lowest BCUT2D eigenvalue weighted by Crippen LogP contribution is -2.43. The molecule has 4 N–H and O–H groups in total. The number of esters is 1. The zero-order valence-electron chi connectivity index (χ0n) is 21.5. The first-order chi connectivity index (χ1) is 19.2. The van der Waals surface area contributed by atoms with Gasteiger partial charge < -0.3 is 30.2 Å². The van der Waals surface area contributed by atoms with Gasteiger partial charge in [-0.25, -0.2) is 4.79 Å². The van der Waals surface area contributed by atoms with Crippen molar-refractivity contribution >= 4 is 41.0 Å². The first-order valence-electron chi connectivity index (χ1n) is 12.3. The molecule has 40 heavy (non-hydrogen) atoms. The molecule has 3 rings (SSSR count). The van der Waals surface area contributed by atoms with Crippen LogP contribution in [0.5, 0.6) is 0 Å². The third-order valence-electron chi connectivity index (χ3n) is 5.63. The maximum absolute atomic E-state index is 13.6. The molecule has 210 valence electrons. The van der Waals surface area contributed by atoms with Gasteiger partial charge in [0.25, 0.3) is 11.5 Å². The maximum Gasteiger partial charge on any atom is 0.330 e. The number of anilines is 1. The largest absolute Gasteiger partial charge is 0.463 e. The molecule has 0 spiro atoms. The molecule has 0 fully saturated rings. The van der Waals surface area contributed by atoms with Crippen molar-refractivity contribution in [3.63, 3.8) is 0 Å². The molecule has 0 aliphatic rings. The summed E-state index contributed by atoms with van der Waals surface area (Å²) in [4.78, 5) is 62.8.